The van der Waals surface area contributed by atoms with Gasteiger partial charge in [-0.05, 0) is 12.1 Å². The van der Waals surface area contributed by atoms with Crippen molar-refractivity contribution >= 4 is 22.1 Å². The van der Waals surface area contributed by atoms with Gasteiger partial charge in [-0.15, -0.1) is 11.3 Å². The van der Waals surface area contributed by atoms with Crippen LogP contribution in [0.15, 0.2) is 12.1 Å². The summed E-state index contributed by atoms with van der Waals surface area (Å²) in [7, 11) is 0. The van der Waals surface area contributed by atoms with E-state index in [9.17, 15) is 13.2 Å². The Morgan fingerprint density at radius 2 is 1.93 bits per heavy atom. The fourth-order valence-electron chi connectivity index (χ4n) is 1.31. The molecule has 0 radical (unpaired) electrons. The third kappa shape index (κ3) is 1.20. The Kier molecular flexibility index (Phi) is 2.20. The fourth-order valence-corrected chi connectivity index (χ4v) is 2.17. The standard InChI is InChI=1S/C9H5F3OS/c10-5-2-1-4-6(3-13)14-9(12)7(4)8(5)11/h1-2,13H,3H2. The van der Waals surface area contributed by atoms with Gasteiger partial charge in [-0.1, -0.05) is 0 Å². The molecule has 0 amide bonds. The first-order valence-corrected chi connectivity index (χ1v) is 4.62. The van der Waals surface area contributed by atoms with Gasteiger partial charge in [0.2, 0.25) is 0 Å². The number of benzene rings is 1. The van der Waals surface area contributed by atoms with Gasteiger partial charge in [0.1, 0.15) is 0 Å². The van der Waals surface area contributed by atoms with E-state index in [2.05, 4.69) is 0 Å². The summed E-state index contributed by atoms with van der Waals surface area (Å²) in [6.07, 6.45) is 0. The predicted molar refractivity (Wildman–Crippen MR) is 47.6 cm³/mol. The summed E-state index contributed by atoms with van der Waals surface area (Å²) in [6, 6.07) is 2.18. The van der Waals surface area contributed by atoms with Crippen LogP contribution in [0.3, 0.4) is 0 Å². The molecule has 1 N–H and O–H groups in total. The minimum absolute atomic E-state index is 0.230. The number of rotatable bonds is 1. The zero-order valence-electron chi connectivity index (χ0n) is 6.85. The quantitative estimate of drug-likeness (QED) is 0.780. The van der Waals surface area contributed by atoms with E-state index in [1.807, 2.05) is 0 Å². The van der Waals surface area contributed by atoms with E-state index in [0.29, 0.717) is 16.2 Å². The molecule has 0 bridgehead atoms. The molecule has 0 unspecified atom stereocenters. The van der Waals surface area contributed by atoms with E-state index in [1.165, 1.54) is 6.07 Å². The molecule has 1 nitrogen and oxygen atoms in total. The number of aliphatic hydroxyl groups is 1. The van der Waals surface area contributed by atoms with E-state index in [4.69, 9.17) is 5.11 Å². The molecule has 0 aliphatic heterocycles. The van der Waals surface area contributed by atoms with Crippen LogP contribution in [0.4, 0.5) is 13.2 Å². The maximum absolute atomic E-state index is 13.1. The summed E-state index contributed by atoms with van der Waals surface area (Å²) in [5.74, 6) is -2.28. The van der Waals surface area contributed by atoms with Crippen LogP contribution in [-0.2, 0) is 6.61 Å². The summed E-state index contributed by atoms with van der Waals surface area (Å²) >= 11 is 0.627. The molecular formula is C9H5F3OS. The van der Waals surface area contributed by atoms with Crippen molar-refractivity contribution < 1.29 is 18.3 Å². The monoisotopic (exact) mass is 218 g/mol. The highest BCUT2D eigenvalue weighted by Gasteiger charge is 2.17. The van der Waals surface area contributed by atoms with Gasteiger partial charge in [0, 0.05) is 10.3 Å². The van der Waals surface area contributed by atoms with Gasteiger partial charge < -0.3 is 5.11 Å². The van der Waals surface area contributed by atoms with Crippen LogP contribution in [0, 0.1) is 16.8 Å². The van der Waals surface area contributed by atoms with Crippen molar-refractivity contribution in [3.8, 4) is 0 Å². The third-order valence-corrected chi connectivity index (χ3v) is 2.93. The number of halogens is 3. The molecule has 1 heterocycles. The van der Waals surface area contributed by atoms with Crippen LogP contribution < -0.4 is 0 Å². The van der Waals surface area contributed by atoms with Crippen LogP contribution >= 0.6 is 11.3 Å². The Labute approximate surface area is 81.4 Å². The first-order valence-electron chi connectivity index (χ1n) is 3.81. The smallest absolute Gasteiger partial charge is 0.187 e. The van der Waals surface area contributed by atoms with Crippen LogP contribution in [-0.4, -0.2) is 5.11 Å². The molecule has 2 aromatic rings. The van der Waals surface area contributed by atoms with E-state index in [1.54, 1.807) is 0 Å². The highest BCUT2D eigenvalue weighted by molar-refractivity contribution is 7.12. The van der Waals surface area contributed by atoms with Crippen molar-refractivity contribution in [1.29, 1.82) is 0 Å². The summed E-state index contributed by atoms with van der Waals surface area (Å²) in [6.45, 7) is -0.379. The molecule has 0 saturated carbocycles. The highest BCUT2D eigenvalue weighted by atomic mass is 32.1. The lowest BCUT2D eigenvalue weighted by atomic mass is 10.2. The molecular weight excluding hydrogens is 213 g/mol. The number of aliphatic hydroxyl groups excluding tert-OH is 1. The number of thiophene rings is 1. The van der Waals surface area contributed by atoms with Crippen molar-refractivity contribution in [2.75, 3.05) is 0 Å². The normalized spacial score (nSPS) is 11.1. The van der Waals surface area contributed by atoms with Gasteiger partial charge in [0.25, 0.3) is 0 Å². The van der Waals surface area contributed by atoms with Crippen molar-refractivity contribution in [3.05, 3.63) is 33.8 Å². The van der Waals surface area contributed by atoms with Gasteiger partial charge in [-0.2, -0.15) is 4.39 Å². The van der Waals surface area contributed by atoms with Crippen molar-refractivity contribution in [1.82, 2.24) is 0 Å². The predicted octanol–water partition coefficient (Wildman–Crippen LogP) is 2.81. The van der Waals surface area contributed by atoms with Gasteiger partial charge in [0.15, 0.2) is 16.8 Å². The number of hydrogen-bond acceptors (Lipinski definition) is 2. The minimum atomic E-state index is -1.20. The van der Waals surface area contributed by atoms with Crippen molar-refractivity contribution in [2.45, 2.75) is 6.61 Å². The van der Waals surface area contributed by atoms with Crippen LogP contribution in [0.25, 0.3) is 10.8 Å². The molecule has 74 valence electrons. The highest BCUT2D eigenvalue weighted by Crippen LogP contribution is 2.32. The topological polar surface area (TPSA) is 20.2 Å². The number of hydrogen-bond donors (Lipinski definition) is 1. The van der Waals surface area contributed by atoms with Gasteiger partial charge in [-0.25, -0.2) is 8.78 Å². The largest absolute Gasteiger partial charge is 0.391 e. The van der Waals surface area contributed by atoms with Crippen LogP contribution in [0.5, 0.6) is 0 Å². The molecule has 5 heteroatoms. The first-order chi connectivity index (χ1) is 6.65. The Morgan fingerprint density at radius 1 is 1.21 bits per heavy atom. The Morgan fingerprint density at radius 3 is 2.57 bits per heavy atom. The molecule has 0 aliphatic carbocycles. The second-order valence-corrected chi connectivity index (χ2v) is 3.80. The third-order valence-electron chi connectivity index (χ3n) is 1.95. The summed E-state index contributed by atoms with van der Waals surface area (Å²) in [4.78, 5) is 0.302. The second-order valence-electron chi connectivity index (χ2n) is 2.74. The second kappa shape index (κ2) is 3.25. The SMILES string of the molecule is OCc1sc(F)c2c(F)c(F)ccc12. The van der Waals surface area contributed by atoms with Crippen LogP contribution in [0.1, 0.15) is 4.88 Å². The first kappa shape index (κ1) is 9.48. The lowest BCUT2D eigenvalue weighted by molar-refractivity contribution is 0.287. The van der Waals surface area contributed by atoms with E-state index >= 15 is 0 Å². The van der Waals surface area contributed by atoms with Crippen molar-refractivity contribution in [2.24, 2.45) is 0 Å². The summed E-state index contributed by atoms with van der Waals surface area (Å²) in [5.41, 5.74) is 0. The molecule has 0 aliphatic rings. The Balaban J connectivity index is 2.89. The lowest BCUT2D eigenvalue weighted by Gasteiger charge is -1.95. The van der Waals surface area contributed by atoms with E-state index in [-0.39, 0.29) is 17.4 Å². The van der Waals surface area contributed by atoms with Crippen molar-refractivity contribution in [3.63, 3.8) is 0 Å². The van der Waals surface area contributed by atoms with Gasteiger partial charge in [-0.3, -0.25) is 0 Å². The molecule has 0 atom stereocenters. The average molecular weight is 218 g/mol. The molecule has 0 saturated heterocycles. The molecule has 2 rings (SSSR count). The molecule has 1 aromatic heterocycles. The van der Waals surface area contributed by atoms with Gasteiger partial charge >= 0.3 is 0 Å². The zero-order chi connectivity index (χ0) is 10.3. The van der Waals surface area contributed by atoms with Gasteiger partial charge in [0.05, 0.1) is 12.0 Å². The zero-order valence-corrected chi connectivity index (χ0v) is 7.67. The molecule has 0 spiro atoms. The molecule has 1 aromatic carbocycles. The molecule has 0 fully saturated rings. The minimum Gasteiger partial charge on any atom is -0.391 e. The van der Waals surface area contributed by atoms with E-state index in [0.717, 1.165) is 6.07 Å². The Hall–Kier alpha value is -1.07. The Bertz CT molecular complexity index is 492. The number of fused-ring (bicyclic) bond motifs is 1. The van der Waals surface area contributed by atoms with Crippen LogP contribution in [0.2, 0.25) is 0 Å². The maximum Gasteiger partial charge on any atom is 0.187 e. The maximum atomic E-state index is 13.1. The summed E-state index contributed by atoms with van der Waals surface area (Å²) in [5, 5.41) is 7.89. The van der Waals surface area contributed by atoms with E-state index < -0.39 is 16.8 Å². The fraction of sp³-hybridized carbons (Fsp3) is 0.111. The average Bonchev–Trinajstić information content (AvgIpc) is 2.49. The lowest BCUT2D eigenvalue weighted by Crippen LogP contribution is -1.86. The summed E-state index contributed by atoms with van der Waals surface area (Å²) < 4.78 is 39.0. The molecule has 14 heavy (non-hydrogen) atoms.